The van der Waals surface area contributed by atoms with Gasteiger partial charge in [0.15, 0.2) is 0 Å². The molecule has 3 rings (SSSR count). The number of aryl methyl sites for hydroxylation is 1. The van der Waals surface area contributed by atoms with Crippen molar-refractivity contribution in [1.82, 2.24) is 4.90 Å². The van der Waals surface area contributed by atoms with Gasteiger partial charge in [-0.05, 0) is 53.9 Å². The summed E-state index contributed by atoms with van der Waals surface area (Å²) in [7, 11) is 0. The minimum absolute atomic E-state index is 0.319. The molecule has 3 amide bonds. The Balaban J connectivity index is 1.70. The summed E-state index contributed by atoms with van der Waals surface area (Å²) in [5.41, 5.74) is 1.39. The molecule has 0 bridgehead atoms. The second-order valence-corrected chi connectivity index (χ2v) is 7.70. The quantitative estimate of drug-likeness (QED) is 0.784. The SMILES string of the molecule is Cc1ccc(Cl)cc1NC(=O)CN1C(=O)S/C(=C/c2cccs2)C1=O. The van der Waals surface area contributed by atoms with Gasteiger partial charge in [0, 0.05) is 15.6 Å². The minimum atomic E-state index is -0.457. The number of thioether (sulfide) groups is 1. The summed E-state index contributed by atoms with van der Waals surface area (Å²) < 4.78 is 0. The van der Waals surface area contributed by atoms with Gasteiger partial charge in [-0.15, -0.1) is 11.3 Å². The van der Waals surface area contributed by atoms with Crippen LogP contribution in [-0.4, -0.2) is 28.5 Å². The molecule has 5 nitrogen and oxygen atoms in total. The lowest BCUT2D eigenvalue weighted by Crippen LogP contribution is -2.36. The molecule has 0 aliphatic carbocycles. The highest BCUT2D eigenvalue weighted by molar-refractivity contribution is 8.18. The zero-order valence-electron chi connectivity index (χ0n) is 13.1. The fourth-order valence-corrected chi connectivity index (χ4v) is 3.93. The number of carbonyl (C=O) groups is 3. The van der Waals surface area contributed by atoms with Crippen molar-refractivity contribution in [2.45, 2.75) is 6.92 Å². The summed E-state index contributed by atoms with van der Waals surface area (Å²) >= 11 is 8.23. The maximum atomic E-state index is 12.4. The standard InChI is InChI=1S/C17H13ClN2O3S2/c1-10-4-5-11(18)7-13(10)19-15(21)9-20-16(22)14(25-17(20)23)8-12-3-2-6-24-12/h2-8H,9H2,1H3,(H,19,21)/b14-8+. The third-order valence-electron chi connectivity index (χ3n) is 3.47. The molecule has 0 saturated carbocycles. The number of amides is 3. The predicted molar refractivity (Wildman–Crippen MR) is 102 cm³/mol. The molecule has 1 aliphatic heterocycles. The molecule has 25 heavy (non-hydrogen) atoms. The van der Waals surface area contributed by atoms with Crippen molar-refractivity contribution in [2.24, 2.45) is 0 Å². The van der Waals surface area contributed by atoms with Crippen LogP contribution in [0.3, 0.4) is 0 Å². The molecule has 1 saturated heterocycles. The molecule has 1 aliphatic rings. The monoisotopic (exact) mass is 392 g/mol. The lowest BCUT2D eigenvalue weighted by Gasteiger charge is -2.13. The first-order valence-corrected chi connectivity index (χ1v) is 9.36. The summed E-state index contributed by atoms with van der Waals surface area (Å²) in [6, 6.07) is 8.84. The van der Waals surface area contributed by atoms with Gasteiger partial charge >= 0.3 is 0 Å². The zero-order chi connectivity index (χ0) is 18.0. The number of benzene rings is 1. The molecule has 0 radical (unpaired) electrons. The van der Waals surface area contributed by atoms with Crippen LogP contribution in [0.5, 0.6) is 0 Å². The number of imide groups is 1. The summed E-state index contributed by atoms with van der Waals surface area (Å²) in [6.45, 7) is 1.49. The Bertz CT molecular complexity index is 878. The van der Waals surface area contributed by atoms with Crippen LogP contribution in [0.15, 0.2) is 40.6 Å². The van der Waals surface area contributed by atoms with E-state index < -0.39 is 17.1 Å². The summed E-state index contributed by atoms with van der Waals surface area (Å²) in [6.07, 6.45) is 1.66. The van der Waals surface area contributed by atoms with Crippen LogP contribution in [-0.2, 0) is 9.59 Å². The van der Waals surface area contributed by atoms with Gasteiger partial charge in [-0.25, -0.2) is 0 Å². The normalized spacial score (nSPS) is 15.9. The summed E-state index contributed by atoms with van der Waals surface area (Å²) in [4.78, 5) is 38.8. The Kier molecular flexibility index (Phi) is 5.27. The summed E-state index contributed by atoms with van der Waals surface area (Å²) in [5, 5.41) is 4.61. The number of halogens is 1. The average Bonchev–Trinajstić information content (AvgIpc) is 3.15. The molecular weight excluding hydrogens is 380 g/mol. The van der Waals surface area contributed by atoms with Crippen molar-refractivity contribution in [2.75, 3.05) is 11.9 Å². The van der Waals surface area contributed by atoms with E-state index in [0.29, 0.717) is 15.6 Å². The lowest BCUT2D eigenvalue weighted by atomic mass is 10.2. The lowest BCUT2D eigenvalue weighted by molar-refractivity contribution is -0.127. The van der Waals surface area contributed by atoms with Crippen molar-refractivity contribution in [3.05, 3.63) is 56.1 Å². The highest BCUT2D eigenvalue weighted by atomic mass is 35.5. The van der Waals surface area contributed by atoms with E-state index in [1.807, 2.05) is 24.4 Å². The first-order valence-electron chi connectivity index (χ1n) is 7.29. The van der Waals surface area contributed by atoms with Crippen LogP contribution in [0.2, 0.25) is 5.02 Å². The number of nitrogens with one attached hydrogen (secondary N) is 1. The molecular formula is C17H13ClN2O3S2. The van der Waals surface area contributed by atoms with E-state index in [1.54, 1.807) is 24.3 Å². The van der Waals surface area contributed by atoms with Crippen molar-refractivity contribution < 1.29 is 14.4 Å². The Morgan fingerprint density at radius 2 is 2.12 bits per heavy atom. The molecule has 128 valence electrons. The van der Waals surface area contributed by atoms with Gasteiger partial charge < -0.3 is 5.32 Å². The first kappa shape index (κ1) is 17.7. The molecule has 1 aromatic carbocycles. The molecule has 0 unspecified atom stereocenters. The third kappa shape index (κ3) is 4.12. The van der Waals surface area contributed by atoms with Crippen LogP contribution in [0.25, 0.3) is 6.08 Å². The second-order valence-electron chi connectivity index (χ2n) is 5.29. The Morgan fingerprint density at radius 1 is 1.32 bits per heavy atom. The minimum Gasteiger partial charge on any atom is -0.324 e. The van der Waals surface area contributed by atoms with Crippen molar-refractivity contribution in [1.29, 1.82) is 0 Å². The van der Waals surface area contributed by atoms with Gasteiger partial charge in [-0.2, -0.15) is 0 Å². The fourth-order valence-electron chi connectivity index (χ4n) is 2.20. The maximum Gasteiger partial charge on any atom is 0.294 e. The van der Waals surface area contributed by atoms with Crippen molar-refractivity contribution in [3.8, 4) is 0 Å². The van der Waals surface area contributed by atoms with Crippen LogP contribution in [0.4, 0.5) is 10.5 Å². The Hall–Kier alpha value is -2.09. The summed E-state index contributed by atoms with van der Waals surface area (Å²) in [5.74, 6) is -0.911. The van der Waals surface area contributed by atoms with E-state index >= 15 is 0 Å². The van der Waals surface area contributed by atoms with E-state index in [9.17, 15) is 14.4 Å². The molecule has 0 spiro atoms. The fraction of sp³-hybridized carbons (Fsp3) is 0.118. The van der Waals surface area contributed by atoms with Crippen molar-refractivity contribution >= 4 is 63.5 Å². The predicted octanol–water partition coefficient (Wildman–Crippen LogP) is 4.38. The number of carbonyl (C=O) groups excluding carboxylic acids is 3. The number of hydrogen-bond acceptors (Lipinski definition) is 5. The number of hydrogen-bond donors (Lipinski definition) is 1. The average molecular weight is 393 g/mol. The number of thiophene rings is 1. The molecule has 2 aromatic rings. The topological polar surface area (TPSA) is 66.5 Å². The Morgan fingerprint density at radius 3 is 2.84 bits per heavy atom. The van der Waals surface area contributed by atoms with E-state index in [2.05, 4.69) is 5.32 Å². The molecule has 2 heterocycles. The first-order chi connectivity index (χ1) is 11.9. The van der Waals surface area contributed by atoms with Crippen LogP contribution >= 0.6 is 34.7 Å². The molecule has 1 aromatic heterocycles. The molecule has 8 heteroatoms. The van der Waals surface area contributed by atoms with E-state index in [4.69, 9.17) is 11.6 Å². The molecule has 1 fully saturated rings. The maximum absolute atomic E-state index is 12.4. The van der Waals surface area contributed by atoms with E-state index in [-0.39, 0.29) is 6.54 Å². The number of rotatable bonds is 4. The van der Waals surface area contributed by atoms with Gasteiger partial charge in [-0.1, -0.05) is 23.7 Å². The Labute approximate surface area is 157 Å². The molecule has 0 atom stereocenters. The number of anilines is 1. The van der Waals surface area contributed by atoms with Gasteiger partial charge in [0.2, 0.25) is 5.91 Å². The molecule has 1 N–H and O–H groups in total. The van der Waals surface area contributed by atoms with Crippen LogP contribution in [0, 0.1) is 6.92 Å². The van der Waals surface area contributed by atoms with Crippen LogP contribution < -0.4 is 5.32 Å². The van der Waals surface area contributed by atoms with Gasteiger partial charge in [-0.3, -0.25) is 19.3 Å². The zero-order valence-corrected chi connectivity index (χ0v) is 15.5. The highest BCUT2D eigenvalue weighted by Crippen LogP contribution is 2.32. The van der Waals surface area contributed by atoms with Gasteiger partial charge in [0.25, 0.3) is 11.1 Å². The smallest absolute Gasteiger partial charge is 0.294 e. The van der Waals surface area contributed by atoms with Gasteiger partial charge in [0.1, 0.15) is 6.54 Å². The van der Waals surface area contributed by atoms with Gasteiger partial charge in [0.05, 0.1) is 4.91 Å². The van der Waals surface area contributed by atoms with Crippen LogP contribution in [0.1, 0.15) is 10.4 Å². The largest absolute Gasteiger partial charge is 0.324 e. The van der Waals surface area contributed by atoms with E-state index in [0.717, 1.165) is 27.1 Å². The third-order valence-corrected chi connectivity index (χ3v) is 5.43. The second kappa shape index (κ2) is 7.43. The van der Waals surface area contributed by atoms with Crippen molar-refractivity contribution in [3.63, 3.8) is 0 Å². The highest BCUT2D eigenvalue weighted by Gasteiger charge is 2.36. The number of nitrogens with zero attached hydrogens (tertiary/aromatic N) is 1. The van der Waals surface area contributed by atoms with E-state index in [1.165, 1.54) is 11.3 Å².